The molecule has 1 aliphatic rings. The van der Waals surface area contributed by atoms with Gasteiger partial charge in [-0.15, -0.1) is 0 Å². The molecule has 2 N–H and O–H groups in total. The molecule has 0 aliphatic heterocycles. The van der Waals surface area contributed by atoms with Gasteiger partial charge in [-0.3, -0.25) is 9.89 Å². The highest BCUT2D eigenvalue weighted by atomic mass is 16.5. The first-order chi connectivity index (χ1) is 10.1. The van der Waals surface area contributed by atoms with Crippen LogP contribution in [0, 0.1) is 13.8 Å². The summed E-state index contributed by atoms with van der Waals surface area (Å²) in [4.78, 5) is 11.9. The van der Waals surface area contributed by atoms with Gasteiger partial charge in [0.1, 0.15) is 5.75 Å². The summed E-state index contributed by atoms with van der Waals surface area (Å²) in [5.74, 6) is 1.11. The third kappa shape index (κ3) is 2.91. The van der Waals surface area contributed by atoms with E-state index in [1.54, 1.807) is 0 Å². The van der Waals surface area contributed by atoms with Gasteiger partial charge in [0.2, 0.25) is 0 Å². The SMILES string of the molecule is Cc1[nH]nc(NC(=O)COc2ccc3c(c2)CCC3)c1C. The number of hydrogen-bond acceptors (Lipinski definition) is 3. The zero-order valence-corrected chi connectivity index (χ0v) is 12.3. The molecule has 0 fully saturated rings. The second-order valence-electron chi connectivity index (χ2n) is 5.44. The minimum absolute atomic E-state index is 0.00979. The summed E-state index contributed by atoms with van der Waals surface area (Å²) in [5, 5.41) is 9.63. The number of rotatable bonds is 4. The van der Waals surface area contributed by atoms with Gasteiger partial charge in [0, 0.05) is 11.3 Å². The van der Waals surface area contributed by atoms with Gasteiger partial charge < -0.3 is 10.1 Å². The van der Waals surface area contributed by atoms with Crippen LogP contribution in [0.15, 0.2) is 18.2 Å². The Bertz CT molecular complexity index is 676. The van der Waals surface area contributed by atoms with Crippen LogP contribution in [0.2, 0.25) is 0 Å². The lowest BCUT2D eigenvalue weighted by Gasteiger charge is -2.08. The van der Waals surface area contributed by atoms with Gasteiger partial charge in [0.25, 0.3) is 5.91 Å². The molecule has 1 aliphatic carbocycles. The highest BCUT2D eigenvalue weighted by molar-refractivity contribution is 5.91. The van der Waals surface area contributed by atoms with E-state index in [1.165, 1.54) is 17.5 Å². The van der Waals surface area contributed by atoms with Crippen LogP contribution in [0.3, 0.4) is 0 Å². The van der Waals surface area contributed by atoms with Crippen molar-refractivity contribution in [1.29, 1.82) is 0 Å². The Morgan fingerprint density at radius 2 is 2.14 bits per heavy atom. The number of ether oxygens (including phenoxy) is 1. The average molecular weight is 285 g/mol. The molecule has 3 rings (SSSR count). The zero-order chi connectivity index (χ0) is 14.8. The van der Waals surface area contributed by atoms with Gasteiger partial charge in [0.05, 0.1) is 0 Å². The Kier molecular flexibility index (Phi) is 3.64. The maximum absolute atomic E-state index is 11.9. The average Bonchev–Trinajstić information content (AvgIpc) is 3.06. The van der Waals surface area contributed by atoms with Crippen molar-refractivity contribution in [2.24, 2.45) is 0 Å². The van der Waals surface area contributed by atoms with E-state index in [0.717, 1.165) is 29.8 Å². The molecule has 2 aromatic rings. The van der Waals surface area contributed by atoms with Crippen molar-refractivity contribution >= 4 is 11.7 Å². The smallest absolute Gasteiger partial charge is 0.263 e. The van der Waals surface area contributed by atoms with Gasteiger partial charge in [-0.05, 0) is 56.4 Å². The Balaban J connectivity index is 1.57. The van der Waals surface area contributed by atoms with Crippen LogP contribution in [-0.2, 0) is 17.6 Å². The molecule has 0 saturated carbocycles. The van der Waals surface area contributed by atoms with Gasteiger partial charge in [-0.1, -0.05) is 6.07 Å². The number of carbonyl (C=O) groups is 1. The molecule has 0 saturated heterocycles. The van der Waals surface area contributed by atoms with Crippen molar-refractivity contribution in [3.8, 4) is 5.75 Å². The van der Waals surface area contributed by atoms with Crippen molar-refractivity contribution in [3.05, 3.63) is 40.6 Å². The van der Waals surface area contributed by atoms with Crippen molar-refractivity contribution < 1.29 is 9.53 Å². The standard InChI is InChI=1S/C16H19N3O2/c1-10-11(2)18-19-16(10)17-15(20)9-21-14-7-6-12-4-3-5-13(12)8-14/h6-8H,3-5,9H2,1-2H3,(H2,17,18,19,20). The quantitative estimate of drug-likeness (QED) is 0.907. The molecule has 5 heteroatoms. The number of nitrogens with zero attached hydrogens (tertiary/aromatic N) is 1. The second-order valence-corrected chi connectivity index (χ2v) is 5.44. The number of aromatic nitrogens is 2. The van der Waals surface area contributed by atoms with Gasteiger partial charge in [-0.25, -0.2) is 0 Å². The molecular formula is C16H19N3O2. The molecule has 0 radical (unpaired) electrons. The fourth-order valence-corrected chi connectivity index (χ4v) is 2.56. The van der Waals surface area contributed by atoms with Crippen molar-refractivity contribution in [1.82, 2.24) is 10.2 Å². The Labute approximate surface area is 123 Å². The summed E-state index contributed by atoms with van der Waals surface area (Å²) in [6, 6.07) is 6.07. The lowest BCUT2D eigenvalue weighted by atomic mass is 10.1. The van der Waals surface area contributed by atoms with Crippen LogP contribution < -0.4 is 10.1 Å². The summed E-state index contributed by atoms with van der Waals surface area (Å²) in [5.41, 5.74) is 4.63. The number of H-pyrrole nitrogens is 1. The topological polar surface area (TPSA) is 67.0 Å². The molecule has 21 heavy (non-hydrogen) atoms. The third-order valence-electron chi connectivity index (χ3n) is 3.95. The molecule has 1 aromatic heterocycles. The lowest BCUT2D eigenvalue weighted by Crippen LogP contribution is -2.20. The number of fused-ring (bicyclic) bond motifs is 1. The first kappa shape index (κ1) is 13.7. The number of anilines is 1. The molecule has 1 heterocycles. The number of amides is 1. The first-order valence-corrected chi connectivity index (χ1v) is 7.19. The lowest BCUT2D eigenvalue weighted by molar-refractivity contribution is -0.118. The monoisotopic (exact) mass is 285 g/mol. The van der Waals surface area contributed by atoms with Crippen LogP contribution in [-0.4, -0.2) is 22.7 Å². The molecular weight excluding hydrogens is 266 g/mol. The van der Waals surface area contributed by atoms with E-state index in [2.05, 4.69) is 21.6 Å². The number of carbonyl (C=O) groups excluding carboxylic acids is 1. The van der Waals surface area contributed by atoms with E-state index in [0.29, 0.717) is 5.82 Å². The molecule has 1 amide bonds. The van der Waals surface area contributed by atoms with E-state index >= 15 is 0 Å². The van der Waals surface area contributed by atoms with Gasteiger partial charge >= 0.3 is 0 Å². The predicted octanol–water partition coefficient (Wildman–Crippen LogP) is 2.53. The minimum atomic E-state index is -0.204. The van der Waals surface area contributed by atoms with Crippen molar-refractivity contribution in [2.75, 3.05) is 11.9 Å². The summed E-state index contributed by atoms with van der Waals surface area (Å²) in [6.07, 6.45) is 3.45. The molecule has 110 valence electrons. The second kappa shape index (κ2) is 5.60. The maximum Gasteiger partial charge on any atom is 0.263 e. The highest BCUT2D eigenvalue weighted by Crippen LogP contribution is 2.26. The van der Waals surface area contributed by atoms with Crippen LogP contribution in [0.4, 0.5) is 5.82 Å². The van der Waals surface area contributed by atoms with E-state index < -0.39 is 0 Å². The first-order valence-electron chi connectivity index (χ1n) is 7.19. The predicted molar refractivity (Wildman–Crippen MR) is 80.7 cm³/mol. The maximum atomic E-state index is 11.9. The number of aryl methyl sites for hydroxylation is 3. The van der Waals surface area contributed by atoms with E-state index in [-0.39, 0.29) is 12.5 Å². The summed E-state index contributed by atoms with van der Waals surface area (Å²) >= 11 is 0. The Hall–Kier alpha value is -2.30. The zero-order valence-electron chi connectivity index (χ0n) is 12.3. The summed E-state index contributed by atoms with van der Waals surface area (Å²) in [7, 11) is 0. The Morgan fingerprint density at radius 3 is 2.90 bits per heavy atom. The Morgan fingerprint density at radius 1 is 1.33 bits per heavy atom. The van der Waals surface area contributed by atoms with Crippen LogP contribution in [0.1, 0.15) is 28.8 Å². The third-order valence-corrected chi connectivity index (χ3v) is 3.95. The van der Waals surface area contributed by atoms with E-state index in [1.807, 2.05) is 26.0 Å². The number of benzene rings is 1. The fourth-order valence-electron chi connectivity index (χ4n) is 2.56. The van der Waals surface area contributed by atoms with Gasteiger partial charge in [0.15, 0.2) is 12.4 Å². The molecule has 0 bridgehead atoms. The van der Waals surface area contributed by atoms with Crippen molar-refractivity contribution in [2.45, 2.75) is 33.1 Å². The molecule has 1 aromatic carbocycles. The van der Waals surface area contributed by atoms with E-state index in [9.17, 15) is 4.79 Å². The van der Waals surface area contributed by atoms with Crippen molar-refractivity contribution in [3.63, 3.8) is 0 Å². The largest absolute Gasteiger partial charge is 0.484 e. The molecule has 0 atom stereocenters. The summed E-state index contributed by atoms with van der Waals surface area (Å²) in [6.45, 7) is 3.82. The molecule has 5 nitrogen and oxygen atoms in total. The van der Waals surface area contributed by atoms with Crippen LogP contribution >= 0.6 is 0 Å². The van der Waals surface area contributed by atoms with E-state index in [4.69, 9.17) is 4.74 Å². The molecule has 0 unspecified atom stereocenters. The number of hydrogen-bond donors (Lipinski definition) is 2. The van der Waals surface area contributed by atoms with Gasteiger partial charge in [-0.2, -0.15) is 5.10 Å². The van der Waals surface area contributed by atoms with Crippen LogP contribution in [0.25, 0.3) is 0 Å². The fraction of sp³-hybridized carbons (Fsp3) is 0.375. The number of aromatic amines is 1. The normalized spacial score (nSPS) is 13.0. The van der Waals surface area contributed by atoms with Crippen LogP contribution in [0.5, 0.6) is 5.75 Å². The summed E-state index contributed by atoms with van der Waals surface area (Å²) < 4.78 is 5.56. The minimum Gasteiger partial charge on any atom is -0.484 e. The molecule has 0 spiro atoms. The number of nitrogens with one attached hydrogen (secondary N) is 2. The highest BCUT2D eigenvalue weighted by Gasteiger charge is 2.13.